The number of nitrogens with one attached hydrogen (secondary N) is 1. The maximum atomic E-state index is 11.5. The summed E-state index contributed by atoms with van der Waals surface area (Å²) in [5.41, 5.74) is 6.52. The van der Waals surface area contributed by atoms with E-state index in [-0.39, 0.29) is 12.5 Å². The fourth-order valence-electron chi connectivity index (χ4n) is 1.10. The van der Waals surface area contributed by atoms with Crippen LogP contribution in [0.25, 0.3) is 0 Å². The van der Waals surface area contributed by atoms with Crippen molar-refractivity contribution in [2.24, 2.45) is 10.7 Å². The van der Waals surface area contributed by atoms with Crippen molar-refractivity contribution in [3.05, 3.63) is 30.3 Å². The summed E-state index contributed by atoms with van der Waals surface area (Å²) >= 11 is 0. The molecule has 0 aliphatic carbocycles. The number of guanidine groups is 1. The smallest absolute Gasteiger partial charge is 0.193 e. The van der Waals surface area contributed by atoms with Crippen molar-refractivity contribution in [1.29, 1.82) is 0 Å². The summed E-state index contributed by atoms with van der Waals surface area (Å²) in [5, 5.41) is 2.90. The van der Waals surface area contributed by atoms with Gasteiger partial charge in [-0.25, -0.2) is 8.42 Å². The zero-order valence-electron chi connectivity index (χ0n) is 10.8. The molecule has 0 atom stereocenters. The molecule has 0 bridgehead atoms. The predicted octanol–water partition coefficient (Wildman–Crippen LogP) is 1.24. The number of sulfone groups is 1. The van der Waals surface area contributed by atoms with Gasteiger partial charge in [0.15, 0.2) is 15.8 Å². The lowest BCUT2D eigenvalue weighted by atomic mass is 10.2. The number of anilines is 1. The van der Waals surface area contributed by atoms with Gasteiger partial charge in [-0.15, -0.1) is 0 Å². The third kappa shape index (κ3) is 4.03. The van der Waals surface area contributed by atoms with Crippen LogP contribution in [0.2, 0.25) is 0 Å². The third-order valence-corrected chi connectivity index (χ3v) is 4.82. The summed E-state index contributed by atoms with van der Waals surface area (Å²) in [6.45, 7) is 3.38. The number of nitrogens with zero attached hydrogens (tertiary/aromatic N) is 1. The molecule has 0 saturated carbocycles. The summed E-state index contributed by atoms with van der Waals surface area (Å²) in [4.78, 5) is 4.06. The van der Waals surface area contributed by atoms with E-state index in [2.05, 4.69) is 10.3 Å². The first kappa shape index (κ1) is 14.5. The van der Waals surface area contributed by atoms with Gasteiger partial charge in [0.25, 0.3) is 0 Å². The van der Waals surface area contributed by atoms with E-state index in [1.54, 1.807) is 13.8 Å². The Kier molecular flexibility index (Phi) is 4.34. The molecule has 0 radical (unpaired) electrons. The van der Waals surface area contributed by atoms with Crippen LogP contribution in [-0.2, 0) is 9.84 Å². The van der Waals surface area contributed by atoms with E-state index in [1.165, 1.54) is 6.26 Å². The number of hydrogen-bond donors (Lipinski definition) is 2. The van der Waals surface area contributed by atoms with Crippen molar-refractivity contribution in [3.63, 3.8) is 0 Å². The number of para-hydroxylation sites is 1. The quantitative estimate of drug-likeness (QED) is 0.636. The highest BCUT2D eigenvalue weighted by molar-refractivity contribution is 7.92. The lowest BCUT2D eigenvalue weighted by Gasteiger charge is -2.20. The largest absolute Gasteiger partial charge is 0.370 e. The lowest BCUT2D eigenvalue weighted by Crippen LogP contribution is -2.36. The van der Waals surface area contributed by atoms with E-state index in [0.29, 0.717) is 0 Å². The Balaban J connectivity index is 2.69. The van der Waals surface area contributed by atoms with Gasteiger partial charge in [-0.05, 0) is 26.0 Å². The maximum Gasteiger partial charge on any atom is 0.193 e. The Bertz CT molecular complexity index is 522. The number of rotatable bonds is 4. The van der Waals surface area contributed by atoms with Crippen molar-refractivity contribution in [1.82, 2.24) is 0 Å². The molecule has 0 aromatic heterocycles. The van der Waals surface area contributed by atoms with E-state index in [1.807, 2.05) is 30.3 Å². The Hall–Kier alpha value is -1.56. The zero-order chi connectivity index (χ0) is 13.8. The molecule has 5 nitrogen and oxygen atoms in total. The van der Waals surface area contributed by atoms with Crippen molar-refractivity contribution < 1.29 is 8.42 Å². The van der Waals surface area contributed by atoms with Gasteiger partial charge in [-0.3, -0.25) is 4.99 Å². The fourth-order valence-corrected chi connectivity index (χ4v) is 1.40. The van der Waals surface area contributed by atoms with Gasteiger partial charge >= 0.3 is 0 Å². The first-order chi connectivity index (χ1) is 8.22. The van der Waals surface area contributed by atoms with Gasteiger partial charge in [0.1, 0.15) is 0 Å². The van der Waals surface area contributed by atoms with Crippen LogP contribution in [0.15, 0.2) is 35.3 Å². The molecule has 0 unspecified atom stereocenters. The van der Waals surface area contributed by atoms with E-state index in [0.717, 1.165) is 5.69 Å². The van der Waals surface area contributed by atoms with Crippen LogP contribution >= 0.6 is 0 Å². The van der Waals surface area contributed by atoms with Crippen LogP contribution in [0.5, 0.6) is 0 Å². The molecule has 0 heterocycles. The van der Waals surface area contributed by atoms with E-state index >= 15 is 0 Å². The second kappa shape index (κ2) is 5.39. The summed E-state index contributed by atoms with van der Waals surface area (Å²) < 4.78 is 22.1. The summed E-state index contributed by atoms with van der Waals surface area (Å²) in [6.07, 6.45) is 1.20. The topological polar surface area (TPSA) is 84.5 Å². The highest BCUT2D eigenvalue weighted by Crippen LogP contribution is 2.15. The number of nitrogens with two attached hydrogens (primary N) is 1. The molecular formula is C12H19N3O2S. The molecule has 0 amide bonds. The van der Waals surface area contributed by atoms with Gasteiger partial charge in [-0.1, -0.05) is 18.2 Å². The third-order valence-electron chi connectivity index (χ3n) is 2.68. The van der Waals surface area contributed by atoms with Crippen molar-refractivity contribution >= 4 is 21.5 Å². The Morgan fingerprint density at radius 1 is 1.33 bits per heavy atom. The van der Waals surface area contributed by atoms with Gasteiger partial charge in [0, 0.05) is 11.9 Å². The van der Waals surface area contributed by atoms with Crippen molar-refractivity contribution in [2.45, 2.75) is 18.6 Å². The molecule has 0 fully saturated rings. The van der Waals surface area contributed by atoms with Crippen LogP contribution in [-0.4, -0.2) is 31.9 Å². The predicted molar refractivity (Wildman–Crippen MR) is 75.5 cm³/mol. The van der Waals surface area contributed by atoms with Gasteiger partial charge in [0.05, 0.1) is 11.3 Å². The van der Waals surface area contributed by atoms with Crippen LogP contribution in [0, 0.1) is 0 Å². The number of aliphatic imine (C=N–C) groups is 1. The van der Waals surface area contributed by atoms with Crippen LogP contribution < -0.4 is 11.1 Å². The molecule has 0 aliphatic rings. The molecule has 6 heteroatoms. The molecule has 3 N–H and O–H groups in total. The first-order valence-electron chi connectivity index (χ1n) is 5.54. The number of hydrogen-bond acceptors (Lipinski definition) is 3. The van der Waals surface area contributed by atoms with E-state index in [9.17, 15) is 8.42 Å². The molecule has 0 saturated heterocycles. The highest BCUT2D eigenvalue weighted by atomic mass is 32.2. The van der Waals surface area contributed by atoms with Gasteiger partial charge in [0.2, 0.25) is 0 Å². The van der Waals surface area contributed by atoms with Crippen molar-refractivity contribution in [2.75, 3.05) is 18.1 Å². The van der Waals surface area contributed by atoms with Gasteiger partial charge < -0.3 is 11.1 Å². The van der Waals surface area contributed by atoms with Crippen LogP contribution in [0.1, 0.15) is 13.8 Å². The zero-order valence-corrected chi connectivity index (χ0v) is 11.7. The second-order valence-electron chi connectivity index (χ2n) is 4.72. The maximum absolute atomic E-state index is 11.5. The van der Waals surface area contributed by atoms with Crippen LogP contribution in [0.4, 0.5) is 5.69 Å². The first-order valence-corrected chi connectivity index (χ1v) is 7.43. The van der Waals surface area contributed by atoms with E-state index < -0.39 is 14.6 Å². The lowest BCUT2D eigenvalue weighted by molar-refractivity contribution is 0.555. The van der Waals surface area contributed by atoms with E-state index in [4.69, 9.17) is 5.73 Å². The Morgan fingerprint density at radius 3 is 2.39 bits per heavy atom. The molecule has 18 heavy (non-hydrogen) atoms. The molecular weight excluding hydrogens is 250 g/mol. The summed E-state index contributed by atoms with van der Waals surface area (Å²) in [5.74, 6) is 0.206. The minimum absolute atomic E-state index is 0.123. The fraction of sp³-hybridized carbons (Fsp3) is 0.417. The normalized spacial score (nSPS) is 13.4. The standard InChI is InChI=1S/C12H19N3O2S/c1-12(2,18(3,16)17)9-14-11(13)15-10-7-5-4-6-8-10/h4-8H,9H2,1-3H3,(H3,13,14,15). The molecule has 1 rings (SSSR count). The Labute approximate surface area is 108 Å². The molecule has 0 spiro atoms. The van der Waals surface area contributed by atoms with Crippen LogP contribution in [0.3, 0.4) is 0 Å². The average Bonchev–Trinajstić information content (AvgIpc) is 2.26. The molecule has 1 aromatic carbocycles. The minimum atomic E-state index is -3.16. The molecule has 100 valence electrons. The number of benzene rings is 1. The second-order valence-corrected chi connectivity index (χ2v) is 7.37. The summed E-state index contributed by atoms with van der Waals surface area (Å²) in [6, 6.07) is 9.34. The molecule has 0 aliphatic heterocycles. The summed E-state index contributed by atoms with van der Waals surface area (Å²) in [7, 11) is -3.16. The van der Waals surface area contributed by atoms with Crippen molar-refractivity contribution in [3.8, 4) is 0 Å². The van der Waals surface area contributed by atoms with Gasteiger partial charge in [-0.2, -0.15) is 0 Å². The SMILES string of the molecule is CC(C)(CN=C(N)Nc1ccccc1)S(C)(=O)=O. The molecule has 1 aromatic rings. The monoisotopic (exact) mass is 269 g/mol. The minimum Gasteiger partial charge on any atom is -0.370 e. The highest BCUT2D eigenvalue weighted by Gasteiger charge is 2.29. The average molecular weight is 269 g/mol. The Morgan fingerprint density at radius 2 is 1.89 bits per heavy atom.